The summed E-state index contributed by atoms with van der Waals surface area (Å²) in [7, 11) is 0. The summed E-state index contributed by atoms with van der Waals surface area (Å²) in [6.07, 6.45) is 5.62. The van der Waals surface area contributed by atoms with E-state index in [2.05, 4.69) is 20.4 Å². The molecule has 0 spiro atoms. The van der Waals surface area contributed by atoms with Crippen LogP contribution in [0.5, 0.6) is 0 Å². The Bertz CT molecular complexity index is 165. The molecule has 0 saturated heterocycles. The van der Waals surface area contributed by atoms with Crippen molar-refractivity contribution in [2.75, 3.05) is 0 Å². The van der Waals surface area contributed by atoms with Crippen LogP contribution in [0.3, 0.4) is 0 Å². The molecular weight excluding hydrogens is 176 g/mol. The van der Waals surface area contributed by atoms with E-state index in [0.29, 0.717) is 12.3 Å². The maximum atomic E-state index is 10.3. The molecule has 0 aromatic carbocycles. The molecule has 1 atom stereocenters. The fourth-order valence-electron chi connectivity index (χ4n) is 1.50. The average Bonchev–Trinajstić information content (AvgIpc) is 2.02. The predicted octanol–water partition coefficient (Wildman–Crippen LogP) is 3.62. The van der Waals surface area contributed by atoms with E-state index in [-0.39, 0.29) is 0 Å². The minimum Gasteiger partial charge on any atom is -0.481 e. The highest BCUT2D eigenvalue weighted by atomic mass is 16.4. The minimum absolute atomic E-state index is 0.310. The number of aliphatic carboxylic acids is 1. The fraction of sp³-hybridized carbons (Fsp3) is 0.750. The van der Waals surface area contributed by atoms with Crippen LogP contribution < -0.4 is 0 Å². The zero-order valence-electron chi connectivity index (χ0n) is 9.38. The lowest BCUT2D eigenvalue weighted by atomic mass is 9.97. The standard InChI is InChI=1S/C12H22O2/c1-10(2)6-4-7-11(3)8-5-9-12(13)14/h11H,1,4-9H2,2-3H3,(H,13,14). The van der Waals surface area contributed by atoms with Gasteiger partial charge >= 0.3 is 5.97 Å². The van der Waals surface area contributed by atoms with Crippen LogP contribution in [-0.2, 0) is 4.79 Å². The largest absolute Gasteiger partial charge is 0.481 e. The number of rotatable bonds is 8. The van der Waals surface area contributed by atoms with E-state index in [4.69, 9.17) is 5.11 Å². The molecular formula is C12H22O2. The van der Waals surface area contributed by atoms with Crippen molar-refractivity contribution in [3.05, 3.63) is 12.2 Å². The summed E-state index contributed by atoms with van der Waals surface area (Å²) in [5.41, 5.74) is 1.24. The lowest BCUT2D eigenvalue weighted by molar-refractivity contribution is -0.137. The van der Waals surface area contributed by atoms with Crippen molar-refractivity contribution in [2.24, 2.45) is 5.92 Å². The van der Waals surface area contributed by atoms with Crippen molar-refractivity contribution in [3.8, 4) is 0 Å². The Labute approximate surface area is 87.0 Å². The molecule has 0 rings (SSSR count). The molecule has 0 amide bonds. The zero-order valence-corrected chi connectivity index (χ0v) is 9.38. The summed E-state index contributed by atoms with van der Waals surface area (Å²) < 4.78 is 0. The van der Waals surface area contributed by atoms with Crippen molar-refractivity contribution in [1.82, 2.24) is 0 Å². The summed E-state index contributed by atoms with van der Waals surface area (Å²) in [6.45, 7) is 8.11. The second-order valence-electron chi connectivity index (χ2n) is 4.24. The van der Waals surface area contributed by atoms with E-state index in [1.165, 1.54) is 18.4 Å². The van der Waals surface area contributed by atoms with Crippen LogP contribution in [0.15, 0.2) is 12.2 Å². The molecule has 0 heterocycles. The van der Waals surface area contributed by atoms with E-state index < -0.39 is 5.97 Å². The van der Waals surface area contributed by atoms with E-state index in [1.807, 2.05) is 0 Å². The Kier molecular flexibility index (Phi) is 7.17. The van der Waals surface area contributed by atoms with Crippen LogP contribution in [0.25, 0.3) is 0 Å². The maximum Gasteiger partial charge on any atom is 0.303 e. The molecule has 1 unspecified atom stereocenters. The Balaban J connectivity index is 3.32. The molecule has 0 aromatic rings. The molecule has 0 aliphatic heterocycles. The third-order valence-electron chi connectivity index (χ3n) is 2.39. The van der Waals surface area contributed by atoms with Crippen molar-refractivity contribution >= 4 is 5.97 Å². The van der Waals surface area contributed by atoms with Gasteiger partial charge in [-0.1, -0.05) is 25.3 Å². The highest BCUT2D eigenvalue weighted by Crippen LogP contribution is 2.16. The molecule has 2 heteroatoms. The van der Waals surface area contributed by atoms with Crippen molar-refractivity contribution in [3.63, 3.8) is 0 Å². The maximum absolute atomic E-state index is 10.3. The monoisotopic (exact) mass is 198 g/mol. The average molecular weight is 198 g/mol. The van der Waals surface area contributed by atoms with Gasteiger partial charge < -0.3 is 5.11 Å². The fourth-order valence-corrected chi connectivity index (χ4v) is 1.50. The quantitative estimate of drug-likeness (QED) is 0.605. The van der Waals surface area contributed by atoms with Gasteiger partial charge in [0, 0.05) is 6.42 Å². The van der Waals surface area contributed by atoms with Gasteiger partial charge in [-0.2, -0.15) is 0 Å². The van der Waals surface area contributed by atoms with Crippen LogP contribution in [0, 0.1) is 5.92 Å². The second-order valence-corrected chi connectivity index (χ2v) is 4.24. The van der Waals surface area contributed by atoms with Gasteiger partial charge in [0.1, 0.15) is 0 Å². The Morgan fingerprint density at radius 1 is 1.29 bits per heavy atom. The van der Waals surface area contributed by atoms with Gasteiger partial charge in [-0.05, 0) is 32.1 Å². The summed E-state index contributed by atoms with van der Waals surface area (Å²) in [6, 6.07) is 0. The molecule has 0 aromatic heterocycles. The predicted molar refractivity (Wildman–Crippen MR) is 59.3 cm³/mol. The molecule has 1 N–H and O–H groups in total. The van der Waals surface area contributed by atoms with Gasteiger partial charge in [-0.3, -0.25) is 4.79 Å². The van der Waals surface area contributed by atoms with Crippen molar-refractivity contribution in [1.29, 1.82) is 0 Å². The molecule has 2 nitrogen and oxygen atoms in total. The second kappa shape index (κ2) is 7.60. The van der Waals surface area contributed by atoms with Gasteiger partial charge in [0.05, 0.1) is 0 Å². The van der Waals surface area contributed by atoms with Crippen LogP contribution in [-0.4, -0.2) is 11.1 Å². The Hall–Kier alpha value is -0.790. The Morgan fingerprint density at radius 2 is 1.79 bits per heavy atom. The van der Waals surface area contributed by atoms with Gasteiger partial charge in [0.25, 0.3) is 0 Å². The Morgan fingerprint density at radius 3 is 2.21 bits per heavy atom. The number of carboxylic acid groups (broad SMARTS) is 1. The molecule has 14 heavy (non-hydrogen) atoms. The smallest absolute Gasteiger partial charge is 0.303 e. The first-order valence-electron chi connectivity index (χ1n) is 5.38. The number of hydrogen-bond donors (Lipinski definition) is 1. The molecule has 0 aliphatic carbocycles. The van der Waals surface area contributed by atoms with E-state index >= 15 is 0 Å². The molecule has 82 valence electrons. The summed E-state index contributed by atoms with van der Waals surface area (Å²) in [5, 5.41) is 8.46. The van der Waals surface area contributed by atoms with Gasteiger partial charge in [0.15, 0.2) is 0 Å². The first-order valence-corrected chi connectivity index (χ1v) is 5.38. The first kappa shape index (κ1) is 13.2. The minimum atomic E-state index is -0.681. The lowest BCUT2D eigenvalue weighted by Crippen LogP contribution is -1.99. The molecule has 0 bridgehead atoms. The molecule has 0 aliphatic rings. The van der Waals surface area contributed by atoms with E-state index in [0.717, 1.165) is 19.3 Å². The summed E-state index contributed by atoms with van der Waals surface area (Å²) >= 11 is 0. The van der Waals surface area contributed by atoms with E-state index in [1.54, 1.807) is 0 Å². The highest BCUT2D eigenvalue weighted by molar-refractivity contribution is 5.66. The van der Waals surface area contributed by atoms with Crippen LogP contribution >= 0.6 is 0 Å². The number of carboxylic acids is 1. The van der Waals surface area contributed by atoms with Gasteiger partial charge in [0.2, 0.25) is 0 Å². The normalized spacial score (nSPS) is 12.4. The summed E-state index contributed by atoms with van der Waals surface area (Å²) in [4.78, 5) is 10.3. The van der Waals surface area contributed by atoms with E-state index in [9.17, 15) is 4.79 Å². The summed E-state index contributed by atoms with van der Waals surface area (Å²) in [5.74, 6) is -0.0344. The van der Waals surface area contributed by atoms with Crippen LogP contribution in [0.4, 0.5) is 0 Å². The number of hydrogen-bond acceptors (Lipinski definition) is 1. The topological polar surface area (TPSA) is 37.3 Å². The van der Waals surface area contributed by atoms with Crippen LogP contribution in [0.1, 0.15) is 52.4 Å². The number of allylic oxidation sites excluding steroid dienone is 1. The third kappa shape index (κ3) is 9.30. The van der Waals surface area contributed by atoms with Crippen molar-refractivity contribution < 1.29 is 9.90 Å². The molecule has 0 saturated carbocycles. The molecule has 0 radical (unpaired) electrons. The highest BCUT2D eigenvalue weighted by Gasteiger charge is 2.03. The lowest BCUT2D eigenvalue weighted by Gasteiger charge is -2.09. The number of carbonyl (C=O) groups is 1. The zero-order chi connectivity index (χ0) is 11.0. The van der Waals surface area contributed by atoms with Gasteiger partial charge in [-0.15, -0.1) is 6.58 Å². The third-order valence-corrected chi connectivity index (χ3v) is 2.39. The van der Waals surface area contributed by atoms with Gasteiger partial charge in [-0.25, -0.2) is 0 Å². The first-order chi connectivity index (χ1) is 6.52. The van der Waals surface area contributed by atoms with Crippen LogP contribution in [0.2, 0.25) is 0 Å². The molecule has 0 fully saturated rings. The van der Waals surface area contributed by atoms with Crippen molar-refractivity contribution in [2.45, 2.75) is 52.4 Å². The SMILES string of the molecule is C=C(C)CCCC(C)CCCC(=O)O.